The van der Waals surface area contributed by atoms with Gasteiger partial charge in [0.25, 0.3) is 11.5 Å². The van der Waals surface area contributed by atoms with Crippen LogP contribution in [0.1, 0.15) is 25.2 Å². The Bertz CT molecular complexity index is 1350. The molecule has 0 atom stereocenters. The Morgan fingerprint density at radius 3 is 2.16 bits per heavy atom. The number of ether oxygens (including phenoxy) is 3. The second-order valence-corrected chi connectivity index (χ2v) is 8.33. The van der Waals surface area contributed by atoms with E-state index in [2.05, 4.69) is 4.98 Å². The minimum absolute atomic E-state index is 0.0864. The number of nitrogens with zero attached hydrogens (tertiary/aromatic N) is 5. The number of rotatable bonds is 13. The van der Waals surface area contributed by atoms with Gasteiger partial charge in [0.2, 0.25) is 0 Å². The van der Waals surface area contributed by atoms with E-state index in [1.165, 1.54) is 9.13 Å². The molecule has 0 N–H and O–H groups in total. The molecular weight excluding hydrogens is 478 g/mol. The minimum atomic E-state index is -0.356. The van der Waals surface area contributed by atoms with Crippen molar-refractivity contribution in [3.8, 4) is 5.75 Å². The van der Waals surface area contributed by atoms with Crippen molar-refractivity contribution < 1.29 is 19.0 Å². The quantitative estimate of drug-likeness (QED) is 0.342. The smallest absolute Gasteiger partial charge is 0.332 e. The molecule has 11 heteroatoms. The van der Waals surface area contributed by atoms with Crippen LogP contribution < -0.4 is 16.0 Å². The van der Waals surface area contributed by atoms with Gasteiger partial charge in [-0.25, -0.2) is 9.78 Å². The zero-order valence-corrected chi connectivity index (χ0v) is 22.1. The molecule has 0 unspecified atom stereocenters. The zero-order valence-electron chi connectivity index (χ0n) is 22.1. The average Bonchev–Trinajstić information content (AvgIpc) is 3.23. The molecule has 2 aromatic heterocycles. The van der Waals surface area contributed by atoms with Crippen molar-refractivity contribution in [1.29, 1.82) is 0 Å². The van der Waals surface area contributed by atoms with Crippen LogP contribution in [0.25, 0.3) is 23.3 Å². The molecule has 0 saturated heterocycles. The topological polar surface area (TPSA) is 110 Å². The lowest BCUT2D eigenvalue weighted by Crippen LogP contribution is -2.39. The summed E-state index contributed by atoms with van der Waals surface area (Å²) in [6.45, 7) is 6.05. The van der Waals surface area contributed by atoms with E-state index < -0.39 is 0 Å². The van der Waals surface area contributed by atoms with E-state index in [-0.39, 0.29) is 23.8 Å². The maximum absolute atomic E-state index is 12.9. The predicted octanol–water partition coefficient (Wildman–Crippen LogP) is 1.61. The fourth-order valence-electron chi connectivity index (χ4n) is 3.94. The van der Waals surface area contributed by atoms with E-state index >= 15 is 0 Å². The Morgan fingerprint density at radius 2 is 1.59 bits per heavy atom. The molecule has 0 aliphatic rings. The molecule has 2 heterocycles. The molecule has 0 bridgehead atoms. The fourth-order valence-corrected chi connectivity index (χ4v) is 3.94. The number of aromatic nitrogens is 4. The Morgan fingerprint density at radius 1 is 0.973 bits per heavy atom. The van der Waals surface area contributed by atoms with Gasteiger partial charge in [-0.05, 0) is 37.6 Å². The number of aryl methyl sites for hydroxylation is 2. The third-order valence-electron chi connectivity index (χ3n) is 6.06. The summed E-state index contributed by atoms with van der Waals surface area (Å²) in [4.78, 5) is 44.2. The monoisotopic (exact) mass is 513 g/mol. The molecule has 0 saturated carbocycles. The number of carbonyl (C=O) groups excluding carboxylic acids is 1. The third kappa shape index (κ3) is 6.36. The summed E-state index contributed by atoms with van der Waals surface area (Å²) in [5, 5.41) is 0. The Kier molecular flexibility index (Phi) is 9.81. The highest BCUT2D eigenvalue weighted by Crippen LogP contribution is 2.16. The molecule has 0 aliphatic carbocycles. The molecule has 3 aromatic rings. The summed E-state index contributed by atoms with van der Waals surface area (Å²) in [5.74, 6) is 0.979. The van der Waals surface area contributed by atoms with Crippen LogP contribution in [0.2, 0.25) is 0 Å². The zero-order chi connectivity index (χ0) is 26.9. The molecule has 3 rings (SSSR count). The second-order valence-electron chi connectivity index (χ2n) is 8.33. The van der Waals surface area contributed by atoms with Crippen molar-refractivity contribution in [2.45, 2.75) is 26.9 Å². The molecule has 0 aliphatic heterocycles. The van der Waals surface area contributed by atoms with Crippen molar-refractivity contribution in [1.82, 2.24) is 23.6 Å². The maximum Gasteiger partial charge on any atom is 0.332 e. The van der Waals surface area contributed by atoms with Gasteiger partial charge in [0.1, 0.15) is 11.6 Å². The molecule has 1 aromatic carbocycles. The van der Waals surface area contributed by atoms with Crippen molar-refractivity contribution in [3.05, 3.63) is 56.5 Å². The van der Waals surface area contributed by atoms with Crippen molar-refractivity contribution in [2.24, 2.45) is 7.05 Å². The van der Waals surface area contributed by atoms with Gasteiger partial charge < -0.3 is 23.7 Å². The SMILES string of the molecule is CCn1c(=O)c2c(nc(/C=C/c3ccc(OCC(=O)N(CCOC)CCOC)cc3)n2C)n(CC)c1=O. The van der Waals surface area contributed by atoms with Crippen molar-refractivity contribution >= 4 is 29.2 Å². The molecule has 0 radical (unpaired) electrons. The van der Waals surface area contributed by atoms with Crippen LogP contribution in [-0.2, 0) is 34.4 Å². The number of methoxy groups -OCH3 is 2. The first kappa shape index (κ1) is 27.9. The highest BCUT2D eigenvalue weighted by atomic mass is 16.5. The highest BCUT2D eigenvalue weighted by molar-refractivity contribution is 5.78. The van der Waals surface area contributed by atoms with Gasteiger partial charge in [-0.1, -0.05) is 18.2 Å². The van der Waals surface area contributed by atoms with Crippen LogP contribution in [0.3, 0.4) is 0 Å². The summed E-state index contributed by atoms with van der Waals surface area (Å²) in [7, 11) is 4.94. The number of imidazole rings is 1. The number of hydrogen-bond acceptors (Lipinski definition) is 7. The van der Waals surface area contributed by atoms with E-state index in [4.69, 9.17) is 14.2 Å². The lowest BCUT2D eigenvalue weighted by molar-refractivity contribution is -0.134. The first-order valence-electron chi connectivity index (χ1n) is 12.2. The normalized spacial score (nSPS) is 11.5. The molecule has 37 heavy (non-hydrogen) atoms. The van der Waals surface area contributed by atoms with Crippen LogP contribution in [-0.4, -0.2) is 76.6 Å². The van der Waals surface area contributed by atoms with E-state index in [9.17, 15) is 14.4 Å². The molecule has 200 valence electrons. The predicted molar refractivity (Wildman–Crippen MR) is 142 cm³/mol. The van der Waals surface area contributed by atoms with E-state index in [0.717, 1.165) is 5.56 Å². The van der Waals surface area contributed by atoms with Gasteiger partial charge >= 0.3 is 5.69 Å². The first-order valence-corrected chi connectivity index (χ1v) is 12.2. The van der Waals surface area contributed by atoms with Crippen molar-refractivity contribution in [2.75, 3.05) is 47.1 Å². The summed E-state index contributed by atoms with van der Waals surface area (Å²) >= 11 is 0. The number of hydrogen-bond donors (Lipinski definition) is 0. The Balaban J connectivity index is 1.73. The maximum atomic E-state index is 12.9. The number of fused-ring (bicyclic) bond motifs is 1. The van der Waals surface area contributed by atoms with Gasteiger partial charge in [-0.2, -0.15) is 0 Å². The summed E-state index contributed by atoms with van der Waals surface area (Å²) in [6.07, 6.45) is 3.66. The van der Waals surface area contributed by atoms with E-state index in [1.807, 2.05) is 25.1 Å². The summed E-state index contributed by atoms with van der Waals surface area (Å²) in [6, 6.07) is 7.29. The van der Waals surface area contributed by atoms with Crippen molar-refractivity contribution in [3.63, 3.8) is 0 Å². The Hall–Kier alpha value is -3.70. The van der Waals surface area contributed by atoms with Crippen LogP contribution >= 0.6 is 0 Å². The molecular formula is C26H35N5O6. The van der Waals surface area contributed by atoms with Gasteiger partial charge in [-0.3, -0.25) is 18.7 Å². The number of amides is 1. The second kappa shape index (κ2) is 13.0. The van der Waals surface area contributed by atoms with E-state index in [0.29, 0.717) is 62.1 Å². The van der Waals surface area contributed by atoms with Gasteiger partial charge in [0.15, 0.2) is 17.8 Å². The fraction of sp³-hybridized carbons (Fsp3) is 0.462. The number of benzene rings is 1. The molecule has 0 fully saturated rings. The largest absolute Gasteiger partial charge is 0.484 e. The third-order valence-corrected chi connectivity index (χ3v) is 6.06. The lowest BCUT2D eigenvalue weighted by Gasteiger charge is -2.22. The number of carbonyl (C=O) groups is 1. The standard InChI is InChI=1S/C26H35N5O6/c1-6-30-24-23(25(33)31(7-2)26(30)34)28(3)21(27-24)13-10-19-8-11-20(12-9-19)37-18-22(32)29(14-16-35-4)15-17-36-5/h8-13H,6-7,14-18H2,1-5H3/b13-10+. The minimum Gasteiger partial charge on any atom is -0.484 e. The van der Waals surface area contributed by atoms with Gasteiger partial charge in [0.05, 0.1) is 13.2 Å². The van der Waals surface area contributed by atoms with E-state index in [1.54, 1.807) is 55.9 Å². The highest BCUT2D eigenvalue weighted by Gasteiger charge is 2.18. The van der Waals surface area contributed by atoms with Crippen LogP contribution in [0.5, 0.6) is 5.75 Å². The Labute approximate surface area is 215 Å². The molecule has 1 amide bonds. The molecule has 11 nitrogen and oxygen atoms in total. The van der Waals surface area contributed by atoms with Crippen LogP contribution in [0.15, 0.2) is 33.9 Å². The summed E-state index contributed by atoms with van der Waals surface area (Å²) in [5.41, 5.74) is 0.947. The average molecular weight is 514 g/mol. The van der Waals surface area contributed by atoms with Crippen LogP contribution in [0.4, 0.5) is 0 Å². The lowest BCUT2D eigenvalue weighted by atomic mass is 10.2. The van der Waals surface area contributed by atoms with Crippen LogP contribution in [0, 0.1) is 0 Å². The molecule has 0 spiro atoms. The van der Waals surface area contributed by atoms with Gasteiger partial charge in [0, 0.05) is 47.4 Å². The first-order chi connectivity index (χ1) is 17.9. The van der Waals surface area contributed by atoms with Gasteiger partial charge in [-0.15, -0.1) is 0 Å². The summed E-state index contributed by atoms with van der Waals surface area (Å²) < 4.78 is 20.3.